The lowest BCUT2D eigenvalue weighted by atomic mass is 10.1. The number of hydrogen-bond acceptors (Lipinski definition) is 3. The second-order valence-corrected chi connectivity index (χ2v) is 7.96. The topological polar surface area (TPSA) is 96.0 Å². The second-order valence-electron chi connectivity index (χ2n) is 7.55. The fourth-order valence-electron chi connectivity index (χ4n) is 3.55. The van der Waals surface area contributed by atoms with Gasteiger partial charge in [0.05, 0.1) is 32.9 Å². The van der Waals surface area contributed by atoms with Crippen molar-refractivity contribution >= 4 is 40.0 Å². The molecular weight excluding hydrogens is 511 g/mol. The molecule has 0 atom stereocenters. The summed E-state index contributed by atoms with van der Waals surface area (Å²) in [7, 11) is 1.32. The van der Waals surface area contributed by atoms with Crippen molar-refractivity contribution in [2.24, 2.45) is 0 Å². The quantitative estimate of drug-likeness (QED) is 0.332. The number of nitrogens with one attached hydrogen (secondary N) is 3. The summed E-state index contributed by atoms with van der Waals surface area (Å²) in [6.45, 7) is 0. The second kappa shape index (κ2) is 9.11. The zero-order valence-corrected chi connectivity index (χ0v) is 18.8. The van der Waals surface area contributed by atoms with Gasteiger partial charge in [-0.25, -0.2) is 13.5 Å². The zero-order valence-electron chi connectivity index (χ0n) is 18.1. The highest BCUT2D eigenvalue weighted by atomic mass is 35.5. The van der Waals surface area contributed by atoms with Crippen molar-refractivity contribution in [2.45, 2.75) is 6.18 Å². The number of benzene rings is 3. The van der Waals surface area contributed by atoms with Crippen LogP contribution in [0.25, 0.3) is 16.6 Å². The van der Waals surface area contributed by atoms with E-state index >= 15 is 0 Å². The van der Waals surface area contributed by atoms with E-state index in [1.807, 2.05) is 0 Å². The van der Waals surface area contributed by atoms with Crippen LogP contribution in [-0.2, 0) is 6.18 Å². The molecule has 0 saturated heterocycles. The molecular formula is C23H14ClF5N4O3. The molecule has 0 unspecified atom stereocenters. The summed E-state index contributed by atoms with van der Waals surface area (Å²) in [5.74, 6) is -3.82. The van der Waals surface area contributed by atoms with Crippen LogP contribution in [0.2, 0.25) is 5.02 Å². The van der Waals surface area contributed by atoms with E-state index in [0.29, 0.717) is 12.1 Å². The maximum Gasteiger partial charge on any atom is 0.416 e. The summed E-state index contributed by atoms with van der Waals surface area (Å²) in [6.07, 6.45) is -4.92. The van der Waals surface area contributed by atoms with Gasteiger partial charge in [-0.3, -0.25) is 19.5 Å². The van der Waals surface area contributed by atoms with Gasteiger partial charge in [-0.1, -0.05) is 11.6 Å². The number of alkyl halides is 3. The molecule has 0 aliphatic heterocycles. The number of hydrogen-bond donors (Lipinski definition) is 3. The van der Waals surface area contributed by atoms with Gasteiger partial charge in [0.2, 0.25) is 0 Å². The van der Waals surface area contributed by atoms with Crippen LogP contribution < -0.4 is 16.2 Å². The number of halogens is 6. The van der Waals surface area contributed by atoms with E-state index in [4.69, 9.17) is 11.6 Å². The number of aromatic nitrogens is 2. The highest BCUT2D eigenvalue weighted by molar-refractivity contribution is 6.32. The van der Waals surface area contributed by atoms with Crippen LogP contribution in [0, 0.1) is 11.6 Å². The lowest BCUT2D eigenvalue weighted by Gasteiger charge is -2.14. The molecule has 3 aromatic carbocycles. The molecule has 7 nitrogen and oxygen atoms in total. The van der Waals surface area contributed by atoms with Gasteiger partial charge in [0, 0.05) is 24.2 Å². The smallest absolute Gasteiger partial charge is 0.355 e. The van der Waals surface area contributed by atoms with E-state index in [9.17, 15) is 36.3 Å². The Hall–Kier alpha value is -4.19. The average Bonchev–Trinajstić information content (AvgIpc) is 3.15. The fourth-order valence-corrected chi connectivity index (χ4v) is 3.76. The maximum absolute atomic E-state index is 13.9. The molecule has 13 heteroatoms. The van der Waals surface area contributed by atoms with Crippen molar-refractivity contribution in [1.82, 2.24) is 15.1 Å². The van der Waals surface area contributed by atoms with Gasteiger partial charge < -0.3 is 10.6 Å². The third-order valence-electron chi connectivity index (χ3n) is 5.17. The van der Waals surface area contributed by atoms with Crippen molar-refractivity contribution in [3.05, 3.63) is 92.2 Å². The number of aromatic amines is 1. The normalized spacial score (nSPS) is 11.5. The number of rotatable bonds is 4. The number of H-pyrrole nitrogens is 1. The van der Waals surface area contributed by atoms with Gasteiger partial charge in [-0.2, -0.15) is 13.2 Å². The van der Waals surface area contributed by atoms with E-state index in [1.54, 1.807) is 0 Å². The summed E-state index contributed by atoms with van der Waals surface area (Å²) in [4.78, 5) is 37.9. The predicted molar refractivity (Wildman–Crippen MR) is 122 cm³/mol. The van der Waals surface area contributed by atoms with Crippen molar-refractivity contribution in [2.75, 3.05) is 12.4 Å². The first-order valence-electron chi connectivity index (χ1n) is 10.0. The number of carbonyl (C=O) groups is 2. The van der Waals surface area contributed by atoms with Crippen LogP contribution in [0.5, 0.6) is 0 Å². The summed E-state index contributed by atoms with van der Waals surface area (Å²) in [5.41, 5.74) is -3.19. The van der Waals surface area contributed by atoms with Crippen molar-refractivity contribution < 1.29 is 31.5 Å². The molecule has 2 amide bonds. The van der Waals surface area contributed by atoms with E-state index in [-0.39, 0.29) is 38.9 Å². The Morgan fingerprint density at radius 2 is 1.64 bits per heavy atom. The highest BCUT2D eigenvalue weighted by Gasteiger charge is 2.32. The van der Waals surface area contributed by atoms with Crippen molar-refractivity contribution in [3.8, 4) is 5.69 Å². The van der Waals surface area contributed by atoms with Gasteiger partial charge in [0.1, 0.15) is 11.6 Å². The lowest BCUT2D eigenvalue weighted by molar-refractivity contribution is -0.137. The fraction of sp³-hybridized carbons (Fsp3) is 0.0870. The zero-order chi connectivity index (χ0) is 26.4. The summed E-state index contributed by atoms with van der Waals surface area (Å²) in [5, 5.41) is 6.98. The summed E-state index contributed by atoms with van der Waals surface area (Å²) >= 11 is 6.17. The predicted octanol–water partition coefficient (Wildman–Crippen LogP) is 4.88. The molecule has 4 rings (SSSR count). The third-order valence-corrected chi connectivity index (χ3v) is 5.48. The van der Waals surface area contributed by atoms with Crippen molar-refractivity contribution in [3.63, 3.8) is 0 Å². The van der Waals surface area contributed by atoms with Gasteiger partial charge >= 0.3 is 6.18 Å². The molecule has 0 spiro atoms. The van der Waals surface area contributed by atoms with Gasteiger partial charge in [-0.05, 0) is 42.5 Å². The number of fused-ring (bicyclic) bond motifs is 1. The molecule has 36 heavy (non-hydrogen) atoms. The molecule has 0 fully saturated rings. The Labute approximate surface area is 203 Å². The minimum atomic E-state index is -4.92. The van der Waals surface area contributed by atoms with Crippen LogP contribution in [0.3, 0.4) is 0 Å². The standard InChI is InChI=1S/C23H14ClF5N4O3/c1-30-20(34)11-6-15-19(33(32-22(15)36)18-9-13(25)2-3-16(18)24)17(7-11)31-21(35)10-4-12(23(27,28)29)8-14(26)5-10/h2-9H,1H3,(H,30,34)(H,31,35)(H,32,36). The Balaban J connectivity index is 1.93. The number of nitrogens with zero attached hydrogens (tertiary/aromatic N) is 1. The van der Waals surface area contributed by atoms with Gasteiger partial charge in [-0.15, -0.1) is 0 Å². The first kappa shape index (κ1) is 24.9. The molecule has 3 N–H and O–H groups in total. The molecule has 186 valence electrons. The Morgan fingerprint density at radius 3 is 2.31 bits per heavy atom. The monoisotopic (exact) mass is 524 g/mol. The summed E-state index contributed by atoms with van der Waals surface area (Å²) < 4.78 is 68.2. The molecule has 0 bridgehead atoms. The third kappa shape index (κ3) is 4.67. The molecule has 0 radical (unpaired) electrons. The van der Waals surface area contributed by atoms with Crippen LogP contribution in [0.4, 0.5) is 27.6 Å². The molecule has 0 aliphatic rings. The Bertz CT molecular complexity index is 1590. The minimum absolute atomic E-state index is 0.0113. The molecule has 4 aromatic rings. The van der Waals surface area contributed by atoms with Crippen molar-refractivity contribution in [1.29, 1.82) is 0 Å². The number of anilines is 1. The van der Waals surface area contributed by atoms with Crippen LogP contribution in [0.1, 0.15) is 26.3 Å². The van der Waals surface area contributed by atoms with Crippen LogP contribution in [-0.4, -0.2) is 28.6 Å². The number of amides is 2. The first-order valence-corrected chi connectivity index (χ1v) is 10.4. The van der Waals surface area contributed by atoms with E-state index in [0.717, 1.165) is 22.9 Å². The molecule has 1 heterocycles. The molecule has 0 saturated carbocycles. The number of carbonyl (C=O) groups excluding carboxylic acids is 2. The lowest BCUT2D eigenvalue weighted by Crippen LogP contribution is -2.19. The Morgan fingerprint density at radius 1 is 0.944 bits per heavy atom. The van der Waals surface area contributed by atoms with Crippen LogP contribution >= 0.6 is 11.6 Å². The SMILES string of the molecule is CNC(=O)c1cc(NC(=O)c2cc(F)cc(C(F)(F)F)c2)c2c(c1)c(=O)[nH]n2-c1cc(F)ccc1Cl. The summed E-state index contributed by atoms with van der Waals surface area (Å²) in [6, 6.07) is 6.93. The highest BCUT2D eigenvalue weighted by Crippen LogP contribution is 2.32. The maximum atomic E-state index is 13.9. The average molecular weight is 525 g/mol. The minimum Gasteiger partial charge on any atom is -0.355 e. The van der Waals surface area contributed by atoms with E-state index in [2.05, 4.69) is 15.7 Å². The van der Waals surface area contributed by atoms with Gasteiger partial charge in [0.15, 0.2) is 0 Å². The largest absolute Gasteiger partial charge is 0.416 e. The van der Waals surface area contributed by atoms with E-state index in [1.165, 1.54) is 19.2 Å². The van der Waals surface area contributed by atoms with E-state index < -0.39 is 46.3 Å². The molecule has 1 aromatic heterocycles. The van der Waals surface area contributed by atoms with Gasteiger partial charge in [0.25, 0.3) is 17.4 Å². The van der Waals surface area contributed by atoms with Crippen LogP contribution in [0.15, 0.2) is 53.3 Å². The Kier molecular flexibility index (Phi) is 6.31. The molecule has 0 aliphatic carbocycles. The first-order chi connectivity index (χ1) is 16.9.